The molecule has 0 aromatic carbocycles. The van der Waals surface area contributed by atoms with E-state index in [4.69, 9.17) is 5.73 Å². The molecule has 16 heavy (non-hydrogen) atoms. The van der Waals surface area contributed by atoms with Crippen LogP contribution in [0.25, 0.3) is 0 Å². The van der Waals surface area contributed by atoms with Gasteiger partial charge in [-0.05, 0) is 44.9 Å². The second kappa shape index (κ2) is 5.30. The lowest BCUT2D eigenvalue weighted by molar-refractivity contribution is 0.194. The minimum Gasteiger partial charge on any atom is -0.329 e. The molecule has 0 radical (unpaired) electrons. The van der Waals surface area contributed by atoms with Gasteiger partial charge in [0.1, 0.15) is 0 Å². The number of nitrogens with two attached hydrogens (primary N) is 1. The first-order valence-electron chi connectivity index (χ1n) is 6.28. The van der Waals surface area contributed by atoms with Crippen LogP contribution in [-0.4, -0.2) is 24.0 Å². The van der Waals surface area contributed by atoms with Gasteiger partial charge in [-0.1, -0.05) is 6.92 Å². The zero-order chi connectivity index (χ0) is 11.5. The summed E-state index contributed by atoms with van der Waals surface area (Å²) >= 11 is 1.90. The third-order valence-electron chi connectivity index (χ3n) is 3.21. The Balaban J connectivity index is 2.12. The van der Waals surface area contributed by atoms with Crippen LogP contribution in [0.5, 0.6) is 0 Å². The van der Waals surface area contributed by atoms with Crippen molar-refractivity contribution >= 4 is 11.3 Å². The minimum atomic E-state index is 0.450. The van der Waals surface area contributed by atoms with Crippen LogP contribution in [0, 0.1) is 6.92 Å². The molecule has 1 saturated carbocycles. The molecule has 3 heteroatoms. The molecule has 90 valence electrons. The minimum absolute atomic E-state index is 0.450. The Bertz CT molecular complexity index is 330. The normalized spacial score (nSPS) is 18.0. The molecule has 1 aliphatic rings. The van der Waals surface area contributed by atoms with Gasteiger partial charge >= 0.3 is 0 Å². The van der Waals surface area contributed by atoms with Gasteiger partial charge in [-0.15, -0.1) is 11.3 Å². The first kappa shape index (κ1) is 12.1. The summed E-state index contributed by atoms with van der Waals surface area (Å²) in [7, 11) is 0. The second-order valence-corrected chi connectivity index (χ2v) is 5.99. The quantitative estimate of drug-likeness (QED) is 0.825. The number of nitrogens with zero attached hydrogens (tertiary/aromatic N) is 1. The molecule has 0 bridgehead atoms. The number of hydrogen-bond donors (Lipinski definition) is 1. The van der Waals surface area contributed by atoms with Gasteiger partial charge in [-0.3, -0.25) is 4.90 Å². The van der Waals surface area contributed by atoms with Crippen LogP contribution in [-0.2, 0) is 0 Å². The molecule has 1 aromatic rings. The van der Waals surface area contributed by atoms with Crippen LogP contribution in [0.3, 0.4) is 0 Å². The van der Waals surface area contributed by atoms with E-state index in [2.05, 4.69) is 30.9 Å². The summed E-state index contributed by atoms with van der Waals surface area (Å²) < 4.78 is 0. The third kappa shape index (κ3) is 2.65. The van der Waals surface area contributed by atoms with E-state index < -0.39 is 0 Å². The SMILES string of the molecule is CCCN(C1CC1)C(CN)c1ccc(C)s1. The maximum Gasteiger partial charge on any atom is 0.0566 e. The van der Waals surface area contributed by atoms with E-state index in [-0.39, 0.29) is 0 Å². The van der Waals surface area contributed by atoms with E-state index in [1.54, 1.807) is 0 Å². The van der Waals surface area contributed by atoms with Gasteiger partial charge in [-0.25, -0.2) is 0 Å². The number of aryl methyl sites for hydroxylation is 1. The number of hydrogen-bond acceptors (Lipinski definition) is 3. The molecule has 1 atom stereocenters. The van der Waals surface area contributed by atoms with Gasteiger partial charge in [0.05, 0.1) is 6.04 Å². The maximum atomic E-state index is 5.98. The van der Waals surface area contributed by atoms with Crippen molar-refractivity contribution in [2.24, 2.45) is 5.73 Å². The van der Waals surface area contributed by atoms with Gasteiger partial charge in [0, 0.05) is 22.3 Å². The predicted molar refractivity (Wildman–Crippen MR) is 70.9 cm³/mol. The summed E-state index contributed by atoms with van der Waals surface area (Å²) in [6.07, 6.45) is 3.94. The second-order valence-electron chi connectivity index (χ2n) is 4.67. The van der Waals surface area contributed by atoms with Crippen molar-refractivity contribution in [1.29, 1.82) is 0 Å². The van der Waals surface area contributed by atoms with Gasteiger partial charge in [0.25, 0.3) is 0 Å². The van der Waals surface area contributed by atoms with E-state index in [1.807, 2.05) is 11.3 Å². The summed E-state index contributed by atoms with van der Waals surface area (Å²) in [6.45, 7) is 6.35. The van der Waals surface area contributed by atoms with Gasteiger partial charge < -0.3 is 5.73 Å². The standard InChI is InChI=1S/C13H22N2S/c1-3-8-15(11-5-6-11)12(9-14)13-7-4-10(2)16-13/h4,7,11-12H,3,5-6,8-9,14H2,1-2H3. The number of rotatable bonds is 6. The van der Waals surface area contributed by atoms with E-state index in [9.17, 15) is 0 Å². The Morgan fingerprint density at radius 3 is 2.69 bits per heavy atom. The van der Waals surface area contributed by atoms with Crippen molar-refractivity contribution in [3.63, 3.8) is 0 Å². The monoisotopic (exact) mass is 238 g/mol. The molecular formula is C13H22N2S. The molecule has 1 unspecified atom stereocenters. The topological polar surface area (TPSA) is 29.3 Å². The summed E-state index contributed by atoms with van der Waals surface area (Å²) in [4.78, 5) is 5.45. The highest BCUT2D eigenvalue weighted by Crippen LogP contribution is 2.36. The Kier molecular flexibility index (Phi) is 4.00. The van der Waals surface area contributed by atoms with Crippen molar-refractivity contribution < 1.29 is 0 Å². The lowest BCUT2D eigenvalue weighted by atomic mass is 10.2. The van der Waals surface area contributed by atoms with Crippen LogP contribution in [0.2, 0.25) is 0 Å². The zero-order valence-corrected chi connectivity index (χ0v) is 11.1. The van der Waals surface area contributed by atoms with Crippen molar-refractivity contribution in [3.8, 4) is 0 Å². The average Bonchev–Trinajstić information content (AvgIpc) is 3.02. The molecule has 1 aromatic heterocycles. The summed E-state index contributed by atoms with van der Waals surface area (Å²) in [5.74, 6) is 0. The van der Waals surface area contributed by atoms with Crippen molar-refractivity contribution in [3.05, 3.63) is 21.9 Å². The number of thiophene rings is 1. The lowest BCUT2D eigenvalue weighted by Crippen LogP contribution is -2.35. The van der Waals surface area contributed by atoms with Crippen LogP contribution in [0.1, 0.15) is 42.0 Å². The predicted octanol–water partition coefficient (Wildman–Crippen LogP) is 2.93. The molecule has 0 aliphatic heterocycles. The molecule has 2 N–H and O–H groups in total. The fourth-order valence-corrected chi connectivity index (χ4v) is 3.32. The smallest absolute Gasteiger partial charge is 0.0566 e. The largest absolute Gasteiger partial charge is 0.329 e. The van der Waals surface area contributed by atoms with Crippen molar-refractivity contribution in [2.75, 3.05) is 13.1 Å². The third-order valence-corrected chi connectivity index (χ3v) is 4.31. The molecular weight excluding hydrogens is 216 g/mol. The van der Waals surface area contributed by atoms with Crippen LogP contribution < -0.4 is 5.73 Å². The van der Waals surface area contributed by atoms with Gasteiger partial charge in [0.2, 0.25) is 0 Å². The summed E-state index contributed by atoms with van der Waals surface area (Å²) in [5, 5.41) is 0. The van der Waals surface area contributed by atoms with E-state index >= 15 is 0 Å². The fraction of sp³-hybridized carbons (Fsp3) is 0.692. The molecule has 2 rings (SSSR count). The molecule has 0 saturated heterocycles. The highest BCUT2D eigenvalue weighted by atomic mass is 32.1. The molecule has 0 amide bonds. The van der Waals surface area contributed by atoms with Crippen LogP contribution in [0.15, 0.2) is 12.1 Å². The van der Waals surface area contributed by atoms with Gasteiger partial charge in [-0.2, -0.15) is 0 Å². The first-order valence-corrected chi connectivity index (χ1v) is 7.10. The lowest BCUT2D eigenvalue weighted by Gasteiger charge is -2.30. The first-order chi connectivity index (χ1) is 7.76. The molecule has 0 spiro atoms. The Morgan fingerprint density at radius 2 is 2.25 bits per heavy atom. The van der Waals surface area contributed by atoms with Crippen molar-refractivity contribution in [2.45, 2.75) is 45.2 Å². The van der Waals surface area contributed by atoms with Crippen molar-refractivity contribution in [1.82, 2.24) is 4.90 Å². The van der Waals surface area contributed by atoms with Crippen LogP contribution in [0.4, 0.5) is 0 Å². The molecule has 2 nitrogen and oxygen atoms in total. The Labute approximate surface area is 102 Å². The molecule has 1 fully saturated rings. The van der Waals surface area contributed by atoms with E-state index in [1.165, 1.54) is 35.6 Å². The molecule has 1 heterocycles. The van der Waals surface area contributed by atoms with E-state index in [0.29, 0.717) is 6.04 Å². The Hall–Kier alpha value is -0.380. The molecule has 1 aliphatic carbocycles. The Morgan fingerprint density at radius 1 is 1.50 bits per heavy atom. The highest BCUT2D eigenvalue weighted by molar-refractivity contribution is 7.12. The summed E-state index contributed by atoms with van der Waals surface area (Å²) in [6, 6.07) is 5.71. The van der Waals surface area contributed by atoms with Crippen LogP contribution >= 0.6 is 11.3 Å². The van der Waals surface area contributed by atoms with E-state index in [0.717, 1.165) is 12.6 Å². The highest BCUT2D eigenvalue weighted by Gasteiger charge is 2.33. The zero-order valence-electron chi connectivity index (χ0n) is 10.3. The van der Waals surface area contributed by atoms with Gasteiger partial charge in [0.15, 0.2) is 0 Å². The summed E-state index contributed by atoms with van der Waals surface area (Å²) in [5.41, 5.74) is 5.98. The fourth-order valence-electron chi connectivity index (χ4n) is 2.30. The maximum absolute atomic E-state index is 5.98. The average molecular weight is 238 g/mol.